The average Bonchev–Trinajstić information content (AvgIpc) is 2.17. The molecule has 0 radical (unpaired) electrons. The van der Waals surface area contributed by atoms with Crippen LogP contribution in [-0.2, 0) is 4.74 Å². The van der Waals surface area contributed by atoms with Crippen molar-refractivity contribution in [2.45, 2.75) is 32.4 Å². The summed E-state index contributed by atoms with van der Waals surface area (Å²) in [7, 11) is 0. The minimum atomic E-state index is 0.0305. The summed E-state index contributed by atoms with van der Waals surface area (Å²) < 4.78 is 5.50. The van der Waals surface area contributed by atoms with Gasteiger partial charge in [-0.2, -0.15) is 5.26 Å². The van der Waals surface area contributed by atoms with Crippen LogP contribution in [0, 0.1) is 11.3 Å². The lowest BCUT2D eigenvalue weighted by atomic mass is 10.2. The van der Waals surface area contributed by atoms with Crippen molar-refractivity contribution in [2.75, 3.05) is 19.7 Å². The molecule has 3 nitrogen and oxygen atoms in total. The Morgan fingerprint density at radius 2 is 2.50 bits per heavy atom. The number of ether oxygens (including phenoxy) is 1. The van der Waals surface area contributed by atoms with Gasteiger partial charge in [0.15, 0.2) is 0 Å². The molecule has 1 rings (SSSR count). The maximum absolute atomic E-state index is 8.71. The van der Waals surface area contributed by atoms with Crippen LogP contribution in [0.15, 0.2) is 0 Å². The summed E-state index contributed by atoms with van der Waals surface area (Å²) in [6.45, 7) is 6.63. The summed E-state index contributed by atoms with van der Waals surface area (Å²) in [5, 5.41) is 8.71. The molecule has 0 aliphatic carbocycles. The van der Waals surface area contributed by atoms with E-state index in [0.29, 0.717) is 6.10 Å². The van der Waals surface area contributed by atoms with Crippen molar-refractivity contribution in [1.29, 1.82) is 5.26 Å². The van der Waals surface area contributed by atoms with Crippen LogP contribution in [0.25, 0.3) is 0 Å². The second-order valence-corrected chi connectivity index (χ2v) is 3.20. The van der Waals surface area contributed by atoms with Crippen LogP contribution in [0.4, 0.5) is 0 Å². The van der Waals surface area contributed by atoms with E-state index in [-0.39, 0.29) is 6.04 Å². The highest BCUT2D eigenvalue weighted by atomic mass is 16.5. The van der Waals surface area contributed by atoms with Crippen molar-refractivity contribution in [2.24, 2.45) is 0 Å². The van der Waals surface area contributed by atoms with E-state index >= 15 is 0 Å². The predicted molar refractivity (Wildman–Crippen MR) is 46.7 cm³/mol. The average molecular weight is 168 g/mol. The van der Waals surface area contributed by atoms with Crippen LogP contribution in [0.2, 0.25) is 0 Å². The first kappa shape index (κ1) is 9.50. The summed E-state index contributed by atoms with van der Waals surface area (Å²) in [6.07, 6.45) is 1.36. The van der Waals surface area contributed by atoms with E-state index < -0.39 is 0 Å². The molecule has 0 aromatic heterocycles. The Morgan fingerprint density at radius 1 is 1.75 bits per heavy atom. The lowest BCUT2D eigenvalue weighted by Gasteiger charge is -2.33. The smallest absolute Gasteiger partial charge is 0.0951 e. The van der Waals surface area contributed by atoms with Gasteiger partial charge in [-0.05, 0) is 13.3 Å². The summed E-state index contributed by atoms with van der Waals surface area (Å²) in [4.78, 5) is 2.18. The molecular weight excluding hydrogens is 152 g/mol. The van der Waals surface area contributed by atoms with Crippen molar-refractivity contribution < 1.29 is 4.74 Å². The first-order valence-corrected chi connectivity index (χ1v) is 4.53. The quantitative estimate of drug-likeness (QED) is 0.617. The molecule has 12 heavy (non-hydrogen) atoms. The highest BCUT2D eigenvalue weighted by Gasteiger charge is 2.22. The summed E-state index contributed by atoms with van der Waals surface area (Å²) in [5.74, 6) is 0. The number of nitriles is 1. The Hall–Kier alpha value is -0.590. The molecule has 0 N–H and O–H groups in total. The fourth-order valence-electron chi connectivity index (χ4n) is 1.42. The zero-order chi connectivity index (χ0) is 8.97. The van der Waals surface area contributed by atoms with E-state index in [0.717, 1.165) is 26.1 Å². The van der Waals surface area contributed by atoms with Crippen molar-refractivity contribution in [3.63, 3.8) is 0 Å². The van der Waals surface area contributed by atoms with Crippen molar-refractivity contribution in [3.8, 4) is 6.07 Å². The molecule has 1 saturated heterocycles. The number of hydrogen-bond acceptors (Lipinski definition) is 3. The van der Waals surface area contributed by atoms with Gasteiger partial charge < -0.3 is 4.74 Å². The van der Waals surface area contributed by atoms with Gasteiger partial charge in [0.1, 0.15) is 0 Å². The predicted octanol–water partition coefficient (Wildman–Crippen LogP) is 1.01. The minimum Gasteiger partial charge on any atom is -0.376 e. The molecule has 0 amide bonds. The van der Waals surface area contributed by atoms with Gasteiger partial charge in [-0.3, -0.25) is 4.90 Å². The fraction of sp³-hybridized carbons (Fsp3) is 0.889. The lowest BCUT2D eigenvalue weighted by molar-refractivity contribution is -0.0353. The number of rotatable bonds is 2. The van der Waals surface area contributed by atoms with E-state index in [2.05, 4.69) is 17.9 Å². The second kappa shape index (κ2) is 4.44. The molecule has 0 aromatic rings. The van der Waals surface area contributed by atoms with E-state index in [1.165, 1.54) is 0 Å². The normalized spacial score (nSPS) is 27.9. The Kier molecular flexibility index (Phi) is 3.51. The van der Waals surface area contributed by atoms with E-state index in [9.17, 15) is 0 Å². The van der Waals surface area contributed by atoms with Crippen molar-refractivity contribution in [3.05, 3.63) is 0 Å². The lowest BCUT2D eigenvalue weighted by Crippen LogP contribution is -2.45. The van der Waals surface area contributed by atoms with Gasteiger partial charge in [-0.1, -0.05) is 6.92 Å². The zero-order valence-electron chi connectivity index (χ0n) is 7.79. The zero-order valence-corrected chi connectivity index (χ0v) is 7.79. The maximum Gasteiger partial charge on any atom is 0.0951 e. The Bertz CT molecular complexity index is 176. The third kappa shape index (κ3) is 2.20. The molecule has 1 aliphatic heterocycles. The molecule has 1 heterocycles. The summed E-state index contributed by atoms with van der Waals surface area (Å²) >= 11 is 0. The Balaban J connectivity index is 2.41. The van der Waals surface area contributed by atoms with Crippen LogP contribution in [0.5, 0.6) is 0 Å². The van der Waals surface area contributed by atoms with Crippen LogP contribution in [0.1, 0.15) is 20.3 Å². The van der Waals surface area contributed by atoms with E-state index in [1.807, 2.05) is 6.92 Å². The third-order valence-electron chi connectivity index (χ3n) is 2.36. The molecule has 2 unspecified atom stereocenters. The first-order chi connectivity index (χ1) is 5.77. The number of hydrogen-bond donors (Lipinski definition) is 0. The molecule has 1 fully saturated rings. The maximum atomic E-state index is 8.71. The van der Waals surface area contributed by atoms with Gasteiger partial charge in [0.2, 0.25) is 0 Å². The molecule has 3 heteroatoms. The van der Waals surface area contributed by atoms with Gasteiger partial charge in [0.25, 0.3) is 0 Å². The largest absolute Gasteiger partial charge is 0.376 e. The number of morpholine rings is 1. The Labute approximate surface area is 73.9 Å². The molecule has 0 aromatic carbocycles. The van der Waals surface area contributed by atoms with E-state index in [1.54, 1.807) is 0 Å². The standard InChI is InChI=1S/C9H16N2O/c1-3-9-7-11(4-5-12-9)8(2)6-10/h8-9H,3-5,7H2,1-2H3. The molecule has 2 atom stereocenters. The van der Waals surface area contributed by atoms with Crippen molar-refractivity contribution >= 4 is 0 Å². The molecule has 1 aliphatic rings. The molecule has 68 valence electrons. The third-order valence-corrected chi connectivity index (χ3v) is 2.36. The monoisotopic (exact) mass is 168 g/mol. The van der Waals surface area contributed by atoms with Crippen molar-refractivity contribution in [1.82, 2.24) is 4.90 Å². The molecular formula is C9H16N2O. The van der Waals surface area contributed by atoms with Gasteiger partial charge in [-0.25, -0.2) is 0 Å². The van der Waals surface area contributed by atoms with Crippen LogP contribution in [-0.4, -0.2) is 36.7 Å². The first-order valence-electron chi connectivity index (χ1n) is 4.53. The molecule has 0 saturated carbocycles. The van der Waals surface area contributed by atoms with Gasteiger partial charge in [0, 0.05) is 13.1 Å². The highest BCUT2D eigenvalue weighted by molar-refractivity contribution is 4.89. The highest BCUT2D eigenvalue weighted by Crippen LogP contribution is 2.10. The summed E-state index contributed by atoms with van der Waals surface area (Å²) in [6, 6.07) is 2.28. The summed E-state index contributed by atoms with van der Waals surface area (Å²) in [5.41, 5.74) is 0. The second-order valence-electron chi connectivity index (χ2n) is 3.20. The Morgan fingerprint density at radius 3 is 3.08 bits per heavy atom. The van der Waals surface area contributed by atoms with E-state index in [4.69, 9.17) is 10.00 Å². The van der Waals surface area contributed by atoms with Crippen LogP contribution >= 0.6 is 0 Å². The molecule has 0 bridgehead atoms. The van der Waals surface area contributed by atoms with Crippen LogP contribution < -0.4 is 0 Å². The topological polar surface area (TPSA) is 36.3 Å². The van der Waals surface area contributed by atoms with Gasteiger partial charge in [-0.15, -0.1) is 0 Å². The minimum absolute atomic E-state index is 0.0305. The number of nitrogens with zero attached hydrogens (tertiary/aromatic N) is 2. The van der Waals surface area contributed by atoms with Crippen LogP contribution in [0.3, 0.4) is 0 Å². The van der Waals surface area contributed by atoms with Gasteiger partial charge >= 0.3 is 0 Å². The molecule has 0 spiro atoms. The SMILES string of the molecule is CCC1CN(C(C)C#N)CCO1. The van der Waals surface area contributed by atoms with Gasteiger partial charge in [0.05, 0.1) is 24.8 Å². The fourth-order valence-corrected chi connectivity index (χ4v) is 1.42.